The molecule has 3 heterocycles. The molecule has 12 heteroatoms. The number of anilines is 2. The maximum Gasteiger partial charge on any atom is 0.410 e. The van der Waals surface area contributed by atoms with E-state index in [1.165, 1.54) is 17.2 Å². The second-order valence-electron chi connectivity index (χ2n) is 9.80. The van der Waals surface area contributed by atoms with Gasteiger partial charge in [0.15, 0.2) is 0 Å². The summed E-state index contributed by atoms with van der Waals surface area (Å²) in [6.45, 7) is 0.947. The average molecular weight is 554 g/mol. The summed E-state index contributed by atoms with van der Waals surface area (Å²) in [5.41, 5.74) is 0.692. The topological polar surface area (TPSA) is 134 Å². The van der Waals surface area contributed by atoms with Gasteiger partial charge in [0.05, 0.1) is 22.5 Å². The molecule has 0 unspecified atom stereocenters. The highest BCUT2D eigenvalue weighted by molar-refractivity contribution is 6.30. The molecule has 1 saturated heterocycles. The zero-order chi connectivity index (χ0) is 27.7. The number of ether oxygens (including phenoxy) is 1. The number of furan rings is 1. The predicted octanol–water partition coefficient (Wildman–Crippen LogP) is 4.38. The van der Waals surface area contributed by atoms with Crippen molar-refractivity contribution in [3.63, 3.8) is 0 Å². The SMILES string of the molecule is CN(C)C(=O)c1cccc2oc(C(=O)Nc3ccc(Cl)cn3)c(NC(=O)C3CCC(N4CCOC4=O)CC3)c12. The van der Waals surface area contributed by atoms with Gasteiger partial charge in [0.25, 0.3) is 11.8 Å². The van der Waals surface area contributed by atoms with Gasteiger partial charge in [-0.05, 0) is 49.9 Å². The molecule has 11 nitrogen and oxygen atoms in total. The summed E-state index contributed by atoms with van der Waals surface area (Å²) in [6.07, 6.45) is 3.55. The first-order valence-corrected chi connectivity index (χ1v) is 13.0. The van der Waals surface area contributed by atoms with Crippen molar-refractivity contribution in [2.24, 2.45) is 5.92 Å². The van der Waals surface area contributed by atoms with E-state index in [4.69, 9.17) is 20.8 Å². The average Bonchev–Trinajstić information content (AvgIpc) is 3.53. The van der Waals surface area contributed by atoms with Crippen molar-refractivity contribution in [2.45, 2.75) is 31.7 Å². The fourth-order valence-corrected chi connectivity index (χ4v) is 5.19. The van der Waals surface area contributed by atoms with E-state index in [9.17, 15) is 19.2 Å². The van der Waals surface area contributed by atoms with Crippen molar-refractivity contribution in [3.8, 4) is 0 Å². The number of halogens is 1. The van der Waals surface area contributed by atoms with Crippen LogP contribution in [0.25, 0.3) is 11.0 Å². The third kappa shape index (κ3) is 5.40. The van der Waals surface area contributed by atoms with Crippen molar-refractivity contribution < 1.29 is 28.3 Å². The van der Waals surface area contributed by atoms with Gasteiger partial charge in [0.2, 0.25) is 11.7 Å². The Balaban J connectivity index is 1.43. The molecule has 2 fully saturated rings. The lowest BCUT2D eigenvalue weighted by atomic mass is 9.84. The van der Waals surface area contributed by atoms with Crippen molar-refractivity contribution in [1.29, 1.82) is 0 Å². The first-order valence-electron chi connectivity index (χ1n) is 12.7. The van der Waals surface area contributed by atoms with E-state index in [-0.39, 0.29) is 58.3 Å². The normalized spacial score (nSPS) is 19.1. The minimum absolute atomic E-state index is 0.0383. The van der Waals surface area contributed by atoms with Crippen LogP contribution in [0.15, 0.2) is 40.9 Å². The molecule has 1 aliphatic carbocycles. The molecule has 204 valence electrons. The number of nitrogens with one attached hydrogen (secondary N) is 2. The van der Waals surface area contributed by atoms with Crippen LogP contribution < -0.4 is 10.6 Å². The highest BCUT2D eigenvalue weighted by atomic mass is 35.5. The van der Waals surface area contributed by atoms with E-state index >= 15 is 0 Å². The number of fused-ring (bicyclic) bond motifs is 1. The van der Waals surface area contributed by atoms with E-state index in [1.807, 2.05) is 0 Å². The number of rotatable bonds is 6. The zero-order valence-electron chi connectivity index (χ0n) is 21.5. The van der Waals surface area contributed by atoms with Crippen LogP contribution in [0.5, 0.6) is 0 Å². The molecule has 39 heavy (non-hydrogen) atoms. The lowest BCUT2D eigenvalue weighted by Gasteiger charge is -2.32. The Hall–Kier alpha value is -4.12. The van der Waals surface area contributed by atoms with Gasteiger partial charge >= 0.3 is 6.09 Å². The number of aromatic nitrogens is 1. The lowest BCUT2D eigenvalue weighted by Crippen LogP contribution is -2.40. The van der Waals surface area contributed by atoms with E-state index in [0.717, 1.165) is 0 Å². The number of carbonyl (C=O) groups excluding carboxylic acids is 4. The van der Waals surface area contributed by atoms with Crippen LogP contribution in [0, 0.1) is 5.92 Å². The Bertz CT molecular complexity index is 1430. The molecule has 2 N–H and O–H groups in total. The molecular weight excluding hydrogens is 526 g/mol. The summed E-state index contributed by atoms with van der Waals surface area (Å²) in [5, 5.41) is 6.30. The number of amides is 4. The quantitative estimate of drug-likeness (QED) is 0.462. The van der Waals surface area contributed by atoms with Gasteiger partial charge < -0.3 is 29.6 Å². The van der Waals surface area contributed by atoms with Gasteiger partial charge in [-0.3, -0.25) is 14.4 Å². The summed E-state index contributed by atoms with van der Waals surface area (Å²) in [7, 11) is 3.24. The first kappa shape index (κ1) is 26.5. The van der Waals surface area contributed by atoms with Crippen molar-refractivity contribution >= 4 is 57.9 Å². The van der Waals surface area contributed by atoms with E-state index in [0.29, 0.717) is 49.2 Å². The summed E-state index contributed by atoms with van der Waals surface area (Å²) in [6, 6.07) is 8.07. The number of benzene rings is 1. The molecule has 0 spiro atoms. The van der Waals surface area contributed by atoms with E-state index < -0.39 is 5.91 Å². The summed E-state index contributed by atoms with van der Waals surface area (Å²) in [4.78, 5) is 58.9. The highest BCUT2D eigenvalue weighted by Crippen LogP contribution is 2.36. The second kappa shape index (κ2) is 10.9. The lowest BCUT2D eigenvalue weighted by molar-refractivity contribution is -0.121. The fourth-order valence-electron chi connectivity index (χ4n) is 5.08. The predicted molar refractivity (Wildman–Crippen MR) is 144 cm³/mol. The van der Waals surface area contributed by atoms with Crippen LogP contribution >= 0.6 is 11.6 Å². The molecule has 1 aliphatic heterocycles. The van der Waals surface area contributed by atoms with Crippen molar-refractivity contribution in [1.82, 2.24) is 14.8 Å². The molecule has 0 atom stereocenters. The summed E-state index contributed by atoms with van der Waals surface area (Å²) >= 11 is 5.90. The van der Waals surface area contributed by atoms with Crippen LogP contribution in [-0.4, -0.2) is 71.9 Å². The minimum atomic E-state index is -0.643. The van der Waals surface area contributed by atoms with Crippen LogP contribution in [0.1, 0.15) is 46.6 Å². The van der Waals surface area contributed by atoms with Gasteiger partial charge in [0.1, 0.15) is 23.7 Å². The molecule has 2 aromatic heterocycles. The Kier molecular flexibility index (Phi) is 7.42. The maximum absolute atomic E-state index is 13.5. The first-order chi connectivity index (χ1) is 18.7. The van der Waals surface area contributed by atoms with Gasteiger partial charge in [0, 0.05) is 32.3 Å². The molecule has 2 aliphatic rings. The largest absolute Gasteiger partial charge is 0.449 e. The minimum Gasteiger partial charge on any atom is -0.449 e. The smallest absolute Gasteiger partial charge is 0.410 e. The van der Waals surface area contributed by atoms with Crippen LogP contribution in [0.2, 0.25) is 5.02 Å². The standard InChI is InChI=1S/C27H28ClN5O6/c1-32(2)26(36)18-4-3-5-19-21(18)22(23(39-19)25(35)30-20-11-8-16(28)14-29-20)31-24(34)15-6-9-17(10-7-15)33-12-13-38-27(33)37/h3-5,8,11,14-15,17H,6-7,9-10,12-13H2,1-2H3,(H,31,34)(H,29,30,35). The summed E-state index contributed by atoms with van der Waals surface area (Å²) < 4.78 is 11.0. The van der Waals surface area contributed by atoms with Crippen molar-refractivity contribution in [3.05, 3.63) is 52.9 Å². The Morgan fingerprint density at radius 2 is 1.85 bits per heavy atom. The molecule has 0 bridgehead atoms. The van der Waals surface area contributed by atoms with Gasteiger partial charge in [-0.25, -0.2) is 9.78 Å². The van der Waals surface area contributed by atoms with Crippen LogP contribution in [-0.2, 0) is 9.53 Å². The van der Waals surface area contributed by atoms with E-state index in [1.54, 1.807) is 43.3 Å². The number of hydrogen-bond donors (Lipinski definition) is 2. The van der Waals surface area contributed by atoms with Crippen molar-refractivity contribution in [2.75, 3.05) is 37.9 Å². The van der Waals surface area contributed by atoms with Crippen LogP contribution in [0.3, 0.4) is 0 Å². The molecule has 4 amide bonds. The summed E-state index contributed by atoms with van der Waals surface area (Å²) in [5.74, 6) is -1.48. The number of cyclic esters (lactones) is 1. The highest BCUT2D eigenvalue weighted by Gasteiger charge is 2.35. The van der Waals surface area contributed by atoms with Crippen LogP contribution in [0.4, 0.5) is 16.3 Å². The molecule has 3 aromatic rings. The van der Waals surface area contributed by atoms with Gasteiger partial charge in [-0.2, -0.15) is 0 Å². The number of carbonyl (C=O) groups is 4. The molecular formula is C27H28ClN5O6. The zero-order valence-corrected chi connectivity index (χ0v) is 22.3. The fraction of sp³-hybridized carbons (Fsp3) is 0.370. The number of nitrogens with zero attached hydrogens (tertiary/aromatic N) is 3. The Morgan fingerprint density at radius 3 is 2.49 bits per heavy atom. The van der Waals surface area contributed by atoms with Gasteiger partial charge in [-0.15, -0.1) is 0 Å². The maximum atomic E-state index is 13.5. The Morgan fingerprint density at radius 1 is 1.08 bits per heavy atom. The van der Waals surface area contributed by atoms with Gasteiger partial charge in [-0.1, -0.05) is 17.7 Å². The molecule has 1 saturated carbocycles. The molecule has 1 aromatic carbocycles. The second-order valence-corrected chi connectivity index (χ2v) is 10.2. The number of pyridine rings is 1. The third-order valence-electron chi connectivity index (χ3n) is 7.08. The third-order valence-corrected chi connectivity index (χ3v) is 7.30. The monoisotopic (exact) mass is 553 g/mol. The molecule has 5 rings (SSSR count). The Labute approximate surface area is 229 Å². The molecule has 0 radical (unpaired) electrons. The van der Waals surface area contributed by atoms with E-state index in [2.05, 4.69) is 15.6 Å². The number of hydrogen-bond acceptors (Lipinski definition) is 7.